The zero-order valence-corrected chi connectivity index (χ0v) is 31.2. The number of benzene rings is 3. The van der Waals surface area contributed by atoms with Gasteiger partial charge in [-0.3, -0.25) is 14.4 Å². The van der Waals surface area contributed by atoms with E-state index >= 15 is 0 Å². The third kappa shape index (κ3) is 12.9. The Morgan fingerprint density at radius 3 is 2.25 bits per heavy atom. The second-order valence-electron chi connectivity index (χ2n) is 13.6. The molecule has 5 rings (SSSR count). The van der Waals surface area contributed by atoms with Crippen LogP contribution in [0.2, 0.25) is 5.02 Å². The van der Waals surface area contributed by atoms with Gasteiger partial charge in [0.1, 0.15) is 6.04 Å². The highest BCUT2D eigenvalue weighted by Crippen LogP contribution is 2.48. The van der Waals surface area contributed by atoms with Crippen LogP contribution in [0.15, 0.2) is 78.9 Å². The van der Waals surface area contributed by atoms with Crippen LogP contribution in [0.5, 0.6) is 6.01 Å². The minimum absolute atomic E-state index is 0.0494. The predicted octanol–water partition coefficient (Wildman–Crippen LogP) is 5.42. The fourth-order valence-electron chi connectivity index (χ4n) is 5.22. The average molecular weight is 811 g/mol. The van der Waals surface area contributed by atoms with Crippen molar-refractivity contribution in [1.29, 1.82) is 0 Å². The maximum Gasteiger partial charge on any atom is 0.422 e. The first-order chi connectivity index (χ1) is 26.9. The molecule has 1 aromatic heterocycles. The zero-order chi connectivity index (χ0) is 41.4. The molecule has 4 aromatic rings. The van der Waals surface area contributed by atoms with Crippen molar-refractivity contribution in [2.45, 2.75) is 56.5 Å². The zero-order valence-electron chi connectivity index (χ0n) is 30.5. The maximum absolute atomic E-state index is 13.0. The Balaban J connectivity index is 1.17. The highest BCUT2D eigenvalue weighted by atomic mass is 35.5. The summed E-state index contributed by atoms with van der Waals surface area (Å²) in [5.41, 5.74) is 0.607. The van der Waals surface area contributed by atoms with Gasteiger partial charge in [0.2, 0.25) is 11.9 Å². The minimum Gasteiger partial charge on any atom is -0.480 e. The molecule has 0 aliphatic heterocycles. The number of rotatable bonds is 16. The smallest absolute Gasteiger partial charge is 0.422 e. The van der Waals surface area contributed by atoms with Crippen molar-refractivity contribution in [1.82, 2.24) is 25.6 Å². The average Bonchev–Trinajstić information content (AvgIpc) is 3.92. The van der Waals surface area contributed by atoms with Gasteiger partial charge in [-0.1, -0.05) is 48.0 Å². The molecule has 3 amide bonds. The third-order valence-corrected chi connectivity index (χ3v) is 8.49. The number of halogens is 4. The fraction of sp³-hybridized carbons (Fsp3) is 0.289. The van der Waals surface area contributed by atoms with Crippen LogP contribution >= 0.6 is 11.6 Å². The molecule has 0 saturated heterocycles. The molecule has 57 heavy (non-hydrogen) atoms. The summed E-state index contributed by atoms with van der Waals surface area (Å²) in [6.07, 6.45) is -0.307. The Bertz CT molecular complexity index is 2120. The molecule has 1 aliphatic rings. The molecule has 1 saturated carbocycles. The first-order valence-electron chi connectivity index (χ1n) is 17.4. The van der Waals surface area contributed by atoms with Crippen molar-refractivity contribution in [2.75, 3.05) is 29.1 Å². The Morgan fingerprint density at radius 1 is 0.930 bits per heavy atom. The number of aromatic nitrogens is 3. The number of alkyl halides is 3. The number of hydrogen-bond donors (Lipinski definition) is 7. The molecule has 1 fully saturated rings. The lowest BCUT2D eigenvalue weighted by Gasteiger charge is -2.19. The molecule has 0 spiro atoms. The molecule has 300 valence electrons. The molecular formula is C38H38ClF3N8O7. The number of carboxylic acid groups (broad SMARTS) is 1. The highest BCUT2D eigenvalue weighted by Gasteiger charge is 2.45. The molecule has 0 unspecified atom stereocenters. The van der Waals surface area contributed by atoms with Crippen LogP contribution in [0.1, 0.15) is 54.6 Å². The van der Waals surface area contributed by atoms with E-state index in [0.29, 0.717) is 34.8 Å². The van der Waals surface area contributed by atoms with Crippen molar-refractivity contribution >= 4 is 64.6 Å². The van der Waals surface area contributed by atoms with E-state index in [0.717, 1.165) is 5.56 Å². The van der Waals surface area contributed by atoms with Gasteiger partial charge in [-0.2, -0.15) is 28.1 Å². The fourth-order valence-corrected chi connectivity index (χ4v) is 5.35. The van der Waals surface area contributed by atoms with Gasteiger partial charge in [-0.15, -0.1) is 0 Å². The van der Waals surface area contributed by atoms with Gasteiger partial charge in [-0.25, -0.2) is 4.79 Å². The Kier molecular flexibility index (Phi) is 13.0. The number of carboxylic acids is 1. The summed E-state index contributed by atoms with van der Waals surface area (Å²) < 4.78 is 43.7. The highest BCUT2D eigenvalue weighted by molar-refractivity contribution is 6.39. The molecule has 1 aliphatic carbocycles. The predicted molar refractivity (Wildman–Crippen MR) is 204 cm³/mol. The van der Waals surface area contributed by atoms with E-state index < -0.39 is 59.7 Å². The second-order valence-corrected chi connectivity index (χ2v) is 14.0. The second kappa shape index (κ2) is 17.7. The van der Waals surface area contributed by atoms with Gasteiger partial charge >= 0.3 is 30.0 Å². The number of nitrogens with one attached hydrogen (secondary N) is 5. The first kappa shape index (κ1) is 41.9. The monoisotopic (exact) mass is 810 g/mol. The number of aliphatic carboxylic acids is 1. The molecule has 1 heterocycles. The van der Waals surface area contributed by atoms with Crippen molar-refractivity contribution in [3.63, 3.8) is 0 Å². The largest absolute Gasteiger partial charge is 0.480 e. The number of anilines is 4. The Morgan fingerprint density at radius 2 is 1.61 bits per heavy atom. The molecule has 15 nitrogen and oxygen atoms in total. The SMILES string of the molecule is CC(C)(O)C=Cc1cccc(NC(=O)C(=O)NCC[C@H](NC(=O)c2ccc(Nc3nc(NC4(c5ccc(Cl)cc5)CC4)nc(OCC(F)(F)F)n3)cc2)C(=O)O)c1. The number of ether oxygens (including phenoxy) is 1. The lowest BCUT2D eigenvalue weighted by molar-refractivity contribution is -0.154. The van der Waals surface area contributed by atoms with Crippen LogP contribution in [-0.2, 0) is 19.9 Å². The maximum atomic E-state index is 13.0. The van der Waals surface area contributed by atoms with E-state index in [4.69, 9.17) is 16.3 Å². The van der Waals surface area contributed by atoms with Crippen molar-refractivity contribution < 1.29 is 47.3 Å². The molecule has 0 bridgehead atoms. The van der Waals surface area contributed by atoms with E-state index in [1.807, 2.05) is 12.1 Å². The topological polar surface area (TPSA) is 217 Å². The summed E-state index contributed by atoms with van der Waals surface area (Å²) >= 11 is 6.02. The normalized spacial score (nSPS) is 13.9. The van der Waals surface area contributed by atoms with Crippen molar-refractivity contribution in [3.8, 4) is 6.01 Å². The van der Waals surface area contributed by atoms with Crippen LogP contribution in [-0.4, -0.2) is 79.8 Å². The Labute approximate surface area is 329 Å². The van der Waals surface area contributed by atoms with Gasteiger partial charge in [0.25, 0.3) is 5.91 Å². The molecule has 19 heteroatoms. The number of amides is 3. The number of nitrogens with zero attached hydrogens (tertiary/aromatic N) is 3. The van der Waals surface area contributed by atoms with Crippen LogP contribution < -0.4 is 31.3 Å². The van der Waals surface area contributed by atoms with Crippen LogP contribution in [0, 0.1) is 0 Å². The van der Waals surface area contributed by atoms with Crippen LogP contribution in [0.3, 0.4) is 0 Å². The summed E-state index contributed by atoms with van der Waals surface area (Å²) in [6, 6.07) is 17.2. The summed E-state index contributed by atoms with van der Waals surface area (Å²) in [7, 11) is 0. The quantitative estimate of drug-likeness (QED) is 0.0706. The molecule has 0 radical (unpaired) electrons. The van der Waals surface area contributed by atoms with Gasteiger partial charge in [0.05, 0.1) is 11.1 Å². The summed E-state index contributed by atoms with van der Waals surface area (Å²) in [5, 5.41) is 33.3. The third-order valence-electron chi connectivity index (χ3n) is 8.24. The van der Waals surface area contributed by atoms with Gasteiger partial charge < -0.3 is 41.5 Å². The van der Waals surface area contributed by atoms with Gasteiger partial charge in [0.15, 0.2) is 6.61 Å². The van der Waals surface area contributed by atoms with Crippen LogP contribution in [0.4, 0.5) is 36.4 Å². The molecule has 7 N–H and O–H groups in total. The first-order valence-corrected chi connectivity index (χ1v) is 17.8. The number of carbonyl (C=O) groups is 4. The van der Waals surface area contributed by atoms with Gasteiger partial charge in [0, 0.05) is 28.5 Å². The summed E-state index contributed by atoms with van der Waals surface area (Å²) in [5.74, 6) is -4.39. The van der Waals surface area contributed by atoms with E-state index in [1.54, 1.807) is 62.4 Å². The van der Waals surface area contributed by atoms with Gasteiger partial charge in [-0.05, 0) is 92.8 Å². The van der Waals surface area contributed by atoms with Crippen LogP contribution in [0.25, 0.3) is 6.08 Å². The van der Waals surface area contributed by atoms with Crippen molar-refractivity contribution in [2.24, 2.45) is 0 Å². The summed E-state index contributed by atoms with van der Waals surface area (Å²) in [4.78, 5) is 62.0. The number of aliphatic hydroxyl groups is 1. The number of carbonyl (C=O) groups excluding carboxylic acids is 3. The number of hydrogen-bond acceptors (Lipinski definition) is 11. The summed E-state index contributed by atoms with van der Waals surface area (Å²) in [6.45, 7) is 1.30. The molecule has 1 atom stereocenters. The van der Waals surface area contributed by atoms with Crippen molar-refractivity contribution in [3.05, 3.63) is 101 Å². The molecule has 3 aromatic carbocycles. The standard InChI is InChI=1S/C38H38ClF3N8O7/c1-36(2,56)16-14-22-4-3-5-27(20-22)44-31(53)30(52)43-19-15-28(32(54)55)46-29(51)23-6-12-26(13-7-23)45-33-47-34(49-35(48-33)57-21-38(40,41)42)50-37(17-18-37)24-8-10-25(39)11-9-24/h3-14,16,20,28,56H,15,17-19,21H2,1-2H3,(H,43,52)(H,44,53)(H,46,51)(H,54,55)(H2,45,47,48,49,50)/t28-/m0/s1. The lowest BCUT2D eigenvalue weighted by atomic mass is 10.1. The lowest BCUT2D eigenvalue weighted by Crippen LogP contribution is -2.44. The van der Waals surface area contributed by atoms with E-state index in [2.05, 4.69) is 41.5 Å². The Hall–Kier alpha value is -6.27. The minimum atomic E-state index is -4.65. The van der Waals surface area contributed by atoms with E-state index in [1.165, 1.54) is 24.3 Å². The van der Waals surface area contributed by atoms with E-state index in [-0.39, 0.29) is 30.4 Å². The molecular weight excluding hydrogens is 773 g/mol. The van der Waals surface area contributed by atoms with E-state index in [9.17, 15) is 42.6 Å².